The minimum Gasteiger partial charge on any atom is -0.497 e. The normalized spacial score (nSPS) is 16.5. The number of rotatable bonds is 10. The summed E-state index contributed by atoms with van der Waals surface area (Å²) < 4.78 is 10.9. The molecule has 1 atom stereocenters. The second kappa shape index (κ2) is 11.6. The number of methoxy groups -OCH3 is 1. The largest absolute Gasteiger partial charge is 0.497 e. The van der Waals surface area contributed by atoms with E-state index in [0.717, 1.165) is 44.6 Å². The number of nitrogens with one attached hydrogen (secondary N) is 1. The number of hydrogen-bond donors (Lipinski definition) is 1. The number of nitrogens with zero attached hydrogens (tertiary/aromatic N) is 3. The lowest BCUT2D eigenvalue weighted by atomic mass is 10.0. The minimum absolute atomic E-state index is 0.0412. The van der Waals surface area contributed by atoms with E-state index in [1.807, 2.05) is 30.3 Å². The van der Waals surface area contributed by atoms with Gasteiger partial charge in [-0.25, -0.2) is 0 Å². The van der Waals surface area contributed by atoms with E-state index in [-0.39, 0.29) is 11.9 Å². The molecule has 1 aromatic heterocycles. The number of ether oxygens (including phenoxy) is 1. The van der Waals surface area contributed by atoms with Crippen LogP contribution in [0.3, 0.4) is 0 Å². The Morgan fingerprint density at radius 3 is 2.55 bits per heavy atom. The quantitative estimate of drug-likeness (QED) is 0.511. The molecule has 1 saturated heterocycles. The van der Waals surface area contributed by atoms with Gasteiger partial charge in [0, 0.05) is 38.4 Å². The van der Waals surface area contributed by atoms with Crippen LogP contribution in [0.5, 0.6) is 5.75 Å². The van der Waals surface area contributed by atoms with Crippen molar-refractivity contribution in [3.05, 3.63) is 77.5 Å². The minimum atomic E-state index is 0.0412. The predicted molar refractivity (Wildman–Crippen MR) is 126 cm³/mol. The number of carbonyl (C=O) groups is 1. The molecule has 33 heavy (non-hydrogen) atoms. The molecule has 1 fully saturated rings. The van der Waals surface area contributed by atoms with E-state index in [0.29, 0.717) is 31.0 Å². The van der Waals surface area contributed by atoms with E-state index in [9.17, 15) is 4.79 Å². The molecule has 1 aliphatic heterocycles. The van der Waals surface area contributed by atoms with E-state index in [1.54, 1.807) is 7.11 Å². The number of hydrogen-bond acceptors (Lipinski definition) is 6. The van der Waals surface area contributed by atoms with Crippen LogP contribution in [0, 0.1) is 0 Å². The fourth-order valence-electron chi connectivity index (χ4n) is 4.21. The molecule has 7 nitrogen and oxygen atoms in total. The van der Waals surface area contributed by atoms with Crippen LogP contribution in [0.25, 0.3) is 0 Å². The molecule has 0 spiro atoms. The Balaban J connectivity index is 1.18. The van der Waals surface area contributed by atoms with Gasteiger partial charge in [-0.1, -0.05) is 42.5 Å². The van der Waals surface area contributed by atoms with Gasteiger partial charge < -0.3 is 14.5 Å². The van der Waals surface area contributed by atoms with Crippen molar-refractivity contribution in [2.24, 2.45) is 0 Å². The Bertz CT molecular complexity index is 1000. The standard InChI is InChI=1S/C26H32N4O3/c1-32-23-12-9-20(10-13-23)11-15-25-28-29-26(33-25)16-14-24(31)27-22-8-5-17-30(19-22)18-21-6-3-2-4-7-21/h2-4,6-7,9-10,12-13,22H,5,8,11,14-19H2,1H3,(H,27,31). The second-order valence-corrected chi connectivity index (χ2v) is 8.56. The van der Waals surface area contributed by atoms with Crippen molar-refractivity contribution in [1.29, 1.82) is 0 Å². The van der Waals surface area contributed by atoms with Crippen molar-refractivity contribution in [2.45, 2.75) is 51.1 Å². The van der Waals surface area contributed by atoms with Gasteiger partial charge in [0.25, 0.3) is 0 Å². The molecule has 1 unspecified atom stereocenters. The van der Waals surface area contributed by atoms with Crippen LogP contribution in [-0.4, -0.2) is 47.2 Å². The fraction of sp³-hybridized carbons (Fsp3) is 0.423. The van der Waals surface area contributed by atoms with Crippen molar-refractivity contribution in [1.82, 2.24) is 20.4 Å². The van der Waals surface area contributed by atoms with Crippen LogP contribution in [0.1, 0.15) is 42.2 Å². The summed E-state index contributed by atoms with van der Waals surface area (Å²) in [4.78, 5) is 14.9. The predicted octanol–water partition coefficient (Wildman–Crippen LogP) is 3.58. The smallest absolute Gasteiger partial charge is 0.220 e. The van der Waals surface area contributed by atoms with Gasteiger partial charge in [-0.3, -0.25) is 9.69 Å². The van der Waals surface area contributed by atoms with E-state index >= 15 is 0 Å². The first-order valence-corrected chi connectivity index (χ1v) is 11.7. The van der Waals surface area contributed by atoms with E-state index in [2.05, 4.69) is 44.7 Å². The fourth-order valence-corrected chi connectivity index (χ4v) is 4.21. The molecule has 7 heteroatoms. The van der Waals surface area contributed by atoms with Gasteiger partial charge in [0.05, 0.1) is 7.11 Å². The monoisotopic (exact) mass is 448 g/mol. The second-order valence-electron chi connectivity index (χ2n) is 8.56. The van der Waals surface area contributed by atoms with Gasteiger partial charge >= 0.3 is 0 Å². The lowest BCUT2D eigenvalue weighted by Gasteiger charge is -2.33. The molecule has 2 heterocycles. The average Bonchev–Trinajstić information content (AvgIpc) is 3.31. The molecule has 1 amide bonds. The zero-order valence-corrected chi connectivity index (χ0v) is 19.2. The van der Waals surface area contributed by atoms with Gasteiger partial charge in [-0.2, -0.15) is 0 Å². The average molecular weight is 449 g/mol. The third-order valence-electron chi connectivity index (χ3n) is 5.98. The Labute approximate surface area is 195 Å². The number of aromatic nitrogens is 2. The molecule has 4 rings (SSSR count). The highest BCUT2D eigenvalue weighted by Crippen LogP contribution is 2.15. The number of likely N-dealkylation sites (tertiary alicyclic amines) is 1. The SMILES string of the molecule is COc1ccc(CCc2nnc(CCC(=O)NC3CCCN(Cc4ccccc4)C3)o2)cc1. The maximum atomic E-state index is 12.5. The van der Waals surface area contributed by atoms with Crippen LogP contribution >= 0.6 is 0 Å². The van der Waals surface area contributed by atoms with Crippen LogP contribution < -0.4 is 10.1 Å². The lowest BCUT2D eigenvalue weighted by molar-refractivity contribution is -0.122. The highest BCUT2D eigenvalue weighted by Gasteiger charge is 2.21. The molecule has 0 aliphatic carbocycles. The Kier molecular flexibility index (Phi) is 8.09. The third-order valence-corrected chi connectivity index (χ3v) is 5.98. The van der Waals surface area contributed by atoms with E-state index in [4.69, 9.17) is 9.15 Å². The number of amides is 1. The highest BCUT2D eigenvalue weighted by molar-refractivity contribution is 5.76. The van der Waals surface area contributed by atoms with Crippen LogP contribution in [0.4, 0.5) is 0 Å². The first-order valence-electron chi connectivity index (χ1n) is 11.7. The summed E-state index contributed by atoms with van der Waals surface area (Å²) in [6.07, 6.45) is 4.42. The first-order chi connectivity index (χ1) is 16.2. The summed E-state index contributed by atoms with van der Waals surface area (Å²) in [7, 11) is 1.66. The van der Waals surface area contributed by atoms with Gasteiger partial charge in [-0.05, 0) is 49.1 Å². The number of piperidine rings is 1. The molecular formula is C26H32N4O3. The molecule has 2 aromatic carbocycles. The Morgan fingerprint density at radius 2 is 1.79 bits per heavy atom. The summed E-state index contributed by atoms with van der Waals surface area (Å²) in [5.74, 6) is 2.00. The lowest BCUT2D eigenvalue weighted by Crippen LogP contribution is -2.47. The summed E-state index contributed by atoms with van der Waals surface area (Å²) in [6.45, 7) is 2.88. The maximum absolute atomic E-state index is 12.5. The number of aryl methyl sites for hydroxylation is 3. The maximum Gasteiger partial charge on any atom is 0.220 e. The highest BCUT2D eigenvalue weighted by atomic mass is 16.5. The van der Waals surface area contributed by atoms with Gasteiger partial charge in [-0.15, -0.1) is 10.2 Å². The topological polar surface area (TPSA) is 80.5 Å². The molecule has 174 valence electrons. The van der Waals surface area contributed by atoms with Gasteiger partial charge in [0.1, 0.15) is 5.75 Å². The van der Waals surface area contributed by atoms with Crippen molar-refractivity contribution >= 4 is 5.91 Å². The van der Waals surface area contributed by atoms with Crippen molar-refractivity contribution in [3.63, 3.8) is 0 Å². The molecule has 1 aliphatic rings. The van der Waals surface area contributed by atoms with Crippen molar-refractivity contribution < 1.29 is 13.9 Å². The third kappa shape index (κ3) is 7.15. The summed E-state index contributed by atoms with van der Waals surface area (Å²) in [6, 6.07) is 18.6. The first kappa shape index (κ1) is 23.0. The molecule has 0 saturated carbocycles. The summed E-state index contributed by atoms with van der Waals surface area (Å²) in [5.41, 5.74) is 2.49. The molecule has 3 aromatic rings. The van der Waals surface area contributed by atoms with E-state index < -0.39 is 0 Å². The molecular weight excluding hydrogens is 416 g/mol. The van der Waals surface area contributed by atoms with E-state index in [1.165, 1.54) is 11.1 Å². The van der Waals surface area contributed by atoms with Gasteiger partial charge in [0.15, 0.2) is 0 Å². The van der Waals surface area contributed by atoms with Crippen LogP contribution in [0.2, 0.25) is 0 Å². The summed E-state index contributed by atoms with van der Waals surface area (Å²) in [5, 5.41) is 11.4. The molecule has 0 radical (unpaired) electrons. The summed E-state index contributed by atoms with van der Waals surface area (Å²) >= 11 is 0. The zero-order valence-electron chi connectivity index (χ0n) is 19.2. The molecule has 0 bridgehead atoms. The molecule has 1 N–H and O–H groups in total. The number of benzene rings is 2. The Morgan fingerprint density at radius 1 is 1.03 bits per heavy atom. The van der Waals surface area contributed by atoms with Crippen LogP contribution in [-0.2, 0) is 30.6 Å². The van der Waals surface area contributed by atoms with Gasteiger partial charge in [0.2, 0.25) is 17.7 Å². The number of carbonyl (C=O) groups excluding carboxylic acids is 1. The van der Waals surface area contributed by atoms with Crippen molar-refractivity contribution in [2.75, 3.05) is 20.2 Å². The van der Waals surface area contributed by atoms with Crippen molar-refractivity contribution in [3.8, 4) is 5.75 Å². The Hall–Kier alpha value is -3.19. The zero-order chi connectivity index (χ0) is 22.9. The van der Waals surface area contributed by atoms with Crippen LogP contribution in [0.15, 0.2) is 59.0 Å².